The summed E-state index contributed by atoms with van der Waals surface area (Å²) in [5, 5.41) is 0. The van der Waals surface area contributed by atoms with E-state index in [0.29, 0.717) is 12.3 Å². The van der Waals surface area contributed by atoms with Crippen molar-refractivity contribution in [2.24, 2.45) is 11.7 Å². The van der Waals surface area contributed by atoms with Crippen LogP contribution in [0.3, 0.4) is 0 Å². The molecule has 1 aliphatic heterocycles. The summed E-state index contributed by atoms with van der Waals surface area (Å²) >= 11 is 0. The maximum atomic E-state index is 12.2. The molecular formula is C14H28N2O. The van der Waals surface area contributed by atoms with Gasteiger partial charge in [0.1, 0.15) is 0 Å². The highest BCUT2D eigenvalue weighted by atomic mass is 16.2. The van der Waals surface area contributed by atoms with Crippen molar-refractivity contribution in [1.29, 1.82) is 0 Å². The van der Waals surface area contributed by atoms with Crippen molar-refractivity contribution in [3.63, 3.8) is 0 Å². The van der Waals surface area contributed by atoms with Gasteiger partial charge in [0, 0.05) is 24.5 Å². The third-order valence-electron chi connectivity index (χ3n) is 3.75. The Hall–Kier alpha value is -0.570. The largest absolute Gasteiger partial charge is 0.336 e. The van der Waals surface area contributed by atoms with Crippen LogP contribution in [-0.4, -0.2) is 28.9 Å². The molecule has 0 bridgehead atoms. The van der Waals surface area contributed by atoms with E-state index in [1.54, 1.807) is 0 Å². The molecule has 17 heavy (non-hydrogen) atoms. The van der Waals surface area contributed by atoms with Crippen molar-refractivity contribution in [3.8, 4) is 0 Å². The minimum absolute atomic E-state index is 0.00914. The monoisotopic (exact) mass is 240 g/mol. The van der Waals surface area contributed by atoms with Crippen molar-refractivity contribution in [2.45, 2.75) is 71.4 Å². The molecule has 2 N–H and O–H groups in total. The summed E-state index contributed by atoms with van der Waals surface area (Å²) in [6.45, 7) is 9.43. The van der Waals surface area contributed by atoms with Gasteiger partial charge in [0.15, 0.2) is 0 Å². The summed E-state index contributed by atoms with van der Waals surface area (Å²) in [6.07, 6.45) is 4.85. The second-order valence-corrected chi connectivity index (χ2v) is 6.40. The zero-order valence-corrected chi connectivity index (χ0v) is 11.8. The molecule has 0 aromatic rings. The van der Waals surface area contributed by atoms with Gasteiger partial charge in [0.05, 0.1) is 0 Å². The van der Waals surface area contributed by atoms with Crippen molar-refractivity contribution < 1.29 is 4.79 Å². The lowest BCUT2D eigenvalue weighted by molar-refractivity contribution is -0.139. The van der Waals surface area contributed by atoms with Gasteiger partial charge in [-0.3, -0.25) is 4.79 Å². The van der Waals surface area contributed by atoms with E-state index in [0.717, 1.165) is 32.2 Å². The molecule has 3 nitrogen and oxygen atoms in total. The highest BCUT2D eigenvalue weighted by Gasteiger charge is 2.35. The fraction of sp³-hybridized carbons (Fsp3) is 0.929. The van der Waals surface area contributed by atoms with Gasteiger partial charge in [-0.25, -0.2) is 0 Å². The Kier molecular flexibility index (Phi) is 4.99. The van der Waals surface area contributed by atoms with Crippen molar-refractivity contribution >= 4 is 5.91 Å². The molecule has 0 saturated carbocycles. The molecule has 1 aliphatic rings. The zero-order valence-electron chi connectivity index (χ0n) is 11.8. The van der Waals surface area contributed by atoms with Crippen molar-refractivity contribution in [2.75, 3.05) is 6.54 Å². The Bertz CT molecular complexity index is 261. The van der Waals surface area contributed by atoms with Gasteiger partial charge >= 0.3 is 0 Å². The number of nitrogens with zero attached hydrogens (tertiary/aromatic N) is 1. The number of carbonyl (C=O) groups is 1. The molecule has 100 valence electrons. The van der Waals surface area contributed by atoms with Crippen LogP contribution in [0, 0.1) is 5.92 Å². The van der Waals surface area contributed by atoms with Crippen LogP contribution < -0.4 is 5.73 Å². The van der Waals surface area contributed by atoms with Crippen LogP contribution in [0.1, 0.15) is 59.8 Å². The normalized spacial score (nSPS) is 24.1. The molecular weight excluding hydrogens is 212 g/mol. The molecule has 1 unspecified atom stereocenters. The first-order chi connectivity index (χ1) is 7.83. The fourth-order valence-corrected chi connectivity index (χ4v) is 2.48. The van der Waals surface area contributed by atoms with Crippen LogP contribution in [0.5, 0.6) is 0 Å². The molecule has 1 atom stereocenters. The average molecular weight is 240 g/mol. The highest BCUT2D eigenvalue weighted by Crippen LogP contribution is 2.27. The van der Waals surface area contributed by atoms with Crippen molar-refractivity contribution in [1.82, 2.24) is 4.90 Å². The first-order valence-corrected chi connectivity index (χ1v) is 6.89. The lowest BCUT2D eigenvalue weighted by atomic mass is 9.88. The summed E-state index contributed by atoms with van der Waals surface area (Å²) in [4.78, 5) is 14.2. The Balaban J connectivity index is 2.48. The predicted octanol–water partition coefficient (Wildman–Crippen LogP) is 2.54. The van der Waals surface area contributed by atoms with E-state index in [9.17, 15) is 4.79 Å². The van der Waals surface area contributed by atoms with Crippen LogP contribution in [0.25, 0.3) is 0 Å². The molecule has 3 heteroatoms. The number of carbonyl (C=O) groups excluding carboxylic acids is 1. The van der Waals surface area contributed by atoms with Crippen LogP contribution in [0.15, 0.2) is 0 Å². The molecule has 1 rings (SSSR count). The van der Waals surface area contributed by atoms with E-state index < -0.39 is 0 Å². The van der Waals surface area contributed by atoms with E-state index in [4.69, 9.17) is 5.73 Å². The molecule has 0 aromatic carbocycles. The maximum absolute atomic E-state index is 12.2. The number of hydrogen-bond acceptors (Lipinski definition) is 2. The number of rotatable bonds is 4. The van der Waals surface area contributed by atoms with E-state index >= 15 is 0 Å². The van der Waals surface area contributed by atoms with E-state index in [-0.39, 0.29) is 17.5 Å². The first kappa shape index (κ1) is 14.5. The van der Waals surface area contributed by atoms with Crippen LogP contribution in [0.2, 0.25) is 0 Å². The SMILES string of the molecule is CC(C)CCCC(=O)N1CC(N)CCC1(C)C. The van der Waals surface area contributed by atoms with Gasteiger partial charge in [0.25, 0.3) is 0 Å². The van der Waals surface area contributed by atoms with Crippen molar-refractivity contribution in [3.05, 3.63) is 0 Å². The standard InChI is InChI=1S/C14H28N2O/c1-11(2)6-5-7-13(17)16-10-12(15)8-9-14(16,3)4/h11-12H,5-10,15H2,1-4H3. The summed E-state index contributed by atoms with van der Waals surface area (Å²) in [5.41, 5.74) is 5.96. The maximum Gasteiger partial charge on any atom is 0.223 e. The molecule has 0 aromatic heterocycles. The summed E-state index contributed by atoms with van der Waals surface area (Å²) in [7, 11) is 0. The van der Waals surface area contributed by atoms with E-state index in [2.05, 4.69) is 27.7 Å². The molecule has 0 spiro atoms. The average Bonchev–Trinajstić information content (AvgIpc) is 2.21. The van der Waals surface area contributed by atoms with Gasteiger partial charge in [-0.15, -0.1) is 0 Å². The summed E-state index contributed by atoms with van der Waals surface area (Å²) < 4.78 is 0. The van der Waals surface area contributed by atoms with Gasteiger partial charge in [0.2, 0.25) is 5.91 Å². The quantitative estimate of drug-likeness (QED) is 0.821. The Morgan fingerprint density at radius 2 is 2.12 bits per heavy atom. The Morgan fingerprint density at radius 1 is 1.47 bits per heavy atom. The molecule has 1 saturated heterocycles. The molecule has 1 heterocycles. The molecule has 0 radical (unpaired) electrons. The van der Waals surface area contributed by atoms with Gasteiger partial charge in [-0.1, -0.05) is 20.3 Å². The Labute approximate surface area is 106 Å². The van der Waals surface area contributed by atoms with Crippen LogP contribution >= 0.6 is 0 Å². The van der Waals surface area contributed by atoms with E-state index in [1.807, 2.05) is 4.90 Å². The fourth-order valence-electron chi connectivity index (χ4n) is 2.48. The second-order valence-electron chi connectivity index (χ2n) is 6.40. The van der Waals surface area contributed by atoms with Crippen LogP contribution in [-0.2, 0) is 4.79 Å². The third-order valence-corrected chi connectivity index (χ3v) is 3.75. The third kappa shape index (κ3) is 4.30. The number of amides is 1. The van der Waals surface area contributed by atoms with E-state index in [1.165, 1.54) is 0 Å². The molecule has 0 aliphatic carbocycles. The smallest absolute Gasteiger partial charge is 0.223 e. The summed E-state index contributed by atoms with van der Waals surface area (Å²) in [5.74, 6) is 0.963. The van der Waals surface area contributed by atoms with Crippen LogP contribution in [0.4, 0.5) is 0 Å². The minimum Gasteiger partial charge on any atom is -0.336 e. The molecule has 1 amide bonds. The first-order valence-electron chi connectivity index (χ1n) is 6.89. The van der Waals surface area contributed by atoms with Gasteiger partial charge in [-0.2, -0.15) is 0 Å². The number of hydrogen-bond donors (Lipinski definition) is 1. The van der Waals surface area contributed by atoms with Gasteiger partial charge < -0.3 is 10.6 Å². The topological polar surface area (TPSA) is 46.3 Å². The second kappa shape index (κ2) is 5.85. The zero-order chi connectivity index (χ0) is 13.1. The minimum atomic E-state index is -0.00914. The predicted molar refractivity (Wildman–Crippen MR) is 71.7 cm³/mol. The molecule has 1 fully saturated rings. The summed E-state index contributed by atoms with van der Waals surface area (Å²) in [6, 6.07) is 0.164. The number of likely N-dealkylation sites (tertiary alicyclic amines) is 1. The highest BCUT2D eigenvalue weighted by molar-refractivity contribution is 5.77. The Morgan fingerprint density at radius 3 is 2.71 bits per heavy atom. The number of nitrogens with two attached hydrogens (primary N) is 1. The van der Waals surface area contributed by atoms with Gasteiger partial charge in [-0.05, 0) is 39.0 Å². The number of piperidine rings is 1. The lowest BCUT2D eigenvalue weighted by Crippen LogP contribution is -2.56. The lowest BCUT2D eigenvalue weighted by Gasteiger charge is -2.45.